The average Bonchev–Trinajstić information content (AvgIpc) is 3.10. The van der Waals surface area contributed by atoms with Gasteiger partial charge in [0.05, 0.1) is 0 Å². The first kappa shape index (κ1) is 20.3. The molecule has 0 aliphatic heterocycles. The zero-order chi connectivity index (χ0) is 12.2. The van der Waals surface area contributed by atoms with Crippen LogP contribution in [0.1, 0.15) is 6.42 Å². The third kappa shape index (κ3) is 4.88. The van der Waals surface area contributed by atoms with E-state index in [0.717, 1.165) is 6.42 Å². The van der Waals surface area contributed by atoms with Crippen LogP contribution in [0.3, 0.4) is 0 Å². The van der Waals surface area contributed by atoms with Crippen molar-refractivity contribution in [3.05, 3.63) is 78.9 Å². The number of fused-ring (bicyclic) bond motifs is 3. The quantitative estimate of drug-likeness (QED) is 0.419. The van der Waals surface area contributed by atoms with Crippen molar-refractivity contribution in [3.63, 3.8) is 0 Å². The molecule has 1 aliphatic rings. The maximum atomic E-state index is 2.99. The summed E-state index contributed by atoms with van der Waals surface area (Å²) >= 11 is 0. The predicted octanol–water partition coefficient (Wildman–Crippen LogP) is 5.86. The Morgan fingerprint density at radius 2 is 1.33 bits per heavy atom. The van der Waals surface area contributed by atoms with E-state index < -0.39 is 0 Å². The van der Waals surface area contributed by atoms with Crippen LogP contribution in [0.4, 0.5) is 0 Å². The van der Waals surface area contributed by atoms with Gasteiger partial charge in [0.15, 0.2) is 0 Å². The van der Waals surface area contributed by atoms with Gasteiger partial charge in [-0.2, -0.15) is 6.08 Å². The van der Waals surface area contributed by atoms with Crippen LogP contribution in [-0.2, 0) is 26.2 Å². The summed E-state index contributed by atoms with van der Waals surface area (Å²) in [6.45, 7) is 0. The van der Waals surface area contributed by atoms with E-state index in [0.29, 0.717) is 0 Å². The maximum absolute atomic E-state index is 2.99. The van der Waals surface area contributed by atoms with Gasteiger partial charge >= 0.3 is 26.2 Å². The van der Waals surface area contributed by atoms with Crippen molar-refractivity contribution in [3.8, 4) is 0 Å². The first-order valence-electron chi connectivity index (χ1n) is 6.20. The number of allylic oxidation sites excluding steroid dienone is 4. The third-order valence-electron chi connectivity index (χ3n) is 3.11. The topological polar surface area (TPSA) is 0 Å². The van der Waals surface area contributed by atoms with Crippen LogP contribution in [0.2, 0.25) is 0 Å². The normalized spacial score (nSPS) is 11.0. The summed E-state index contributed by atoms with van der Waals surface area (Å²) in [5.41, 5.74) is 0. The summed E-state index contributed by atoms with van der Waals surface area (Å²) in [6, 6.07) is 19.3. The smallest absolute Gasteiger partial charge is 0.273 e. The molecule has 0 nitrogen and oxygen atoms in total. The molecule has 0 spiro atoms. The molecule has 3 aromatic rings. The fraction of sp³-hybridized carbons (Fsp3) is 0.0556. The number of hydrogen-bond donors (Lipinski definition) is 0. The minimum atomic E-state index is 0. The van der Waals surface area contributed by atoms with Crippen molar-refractivity contribution in [1.29, 1.82) is 0 Å². The molecule has 0 saturated carbocycles. The Labute approximate surface area is 157 Å². The van der Waals surface area contributed by atoms with E-state index in [9.17, 15) is 0 Å². The van der Waals surface area contributed by atoms with Gasteiger partial charge in [0, 0.05) is 0 Å². The molecule has 0 N–H and O–H groups in total. The zero-order valence-electron chi connectivity index (χ0n) is 11.5. The molecule has 0 amide bonds. The van der Waals surface area contributed by atoms with Crippen LogP contribution < -0.4 is 0 Å². The summed E-state index contributed by atoms with van der Waals surface area (Å²) < 4.78 is 0. The molecule has 0 unspecified atom stereocenters. The summed E-state index contributed by atoms with van der Waals surface area (Å²) in [4.78, 5) is 0. The van der Waals surface area contributed by atoms with Gasteiger partial charge in [-0.3, -0.25) is 6.08 Å². The number of benzene rings is 2. The molecule has 0 heterocycles. The Hall–Kier alpha value is -0.747. The Morgan fingerprint density at radius 1 is 0.810 bits per heavy atom. The standard InChI is InChI=1S/C13H9.C5H5.2ClH.Zr/c1-3-7-12-10(5-1)9-11-6-2-4-8-13(11)12;1-2-4-5-3-1;;;/h1-9H;1-3H,4H2;2*1H;/q2*-1;;;+2. The summed E-state index contributed by atoms with van der Waals surface area (Å²) in [5, 5.41) is 5.39. The summed E-state index contributed by atoms with van der Waals surface area (Å²) in [5.74, 6) is 0. The second kappa shape index (κ2) is 10.1. The first-order valence-corrected chi connectivity index (χ1v) is 6.20. The number of hydrogen-bond acceptors (Lipinski definition) is 0. The van der Waals surface area contributed by atoms with Crippen molar-refractivity contribution in [2.45, 2.75) is 6.42 Å². The van der Waals surface area contributed by atoms with Gasteiger partial charge in [-0.15, -0.1) is 71.0 Å². The fourth-order valence-electron chi connectivity index (χ4n) is 2.24. The van der Waals surface area contributed by atoms with Crippen LogP contribution in [-0.4, -0.2) is 0 Å². The van der Waals surface area contributed by atoms with Crippen LogP contribution in [0.25, 0.3) is 21.5 Å². The van der Waals surface area contributed by atoms with Crippen molar-refractivity contribution >= 4 is 46.4 Å². The number of rotatable bonds is 0. The Bertz CT molecular complexity index is 666. The van der Waals surface area contributed by atoms with E-state index in [2.05, 4.69) is 66.7 Å². The predicted molar refractivity (Wildman–Crippen MR) is 93.1 cm³/mol. The number of halogens is 2. The van der Waals surface area contributed by atoms with Crippen LogP contribution in [0.15, 0.2) is 72.8 Å². The zero-order valence-corrected chi connectivity index (χ0v) is 15.5. The van der Waals surface area contributed by atoms with E-state index in [1.54, 1.807) is 0 Å². The van der Waals surface area contributed by atoms with E-state index in [4.69, 9.17) is 0 Å². The SMILES string of the molecule is Cl.Cl.[C-]1=CC=CC1.[Zr+2].c1ccc2c(c1)[cH-]c1ccccc12. The van der Waals surface area contributed by atoms with E-state index in [-0.39, 0.29) is 51.0 Å². The molecule has 0 aromatic heterocycles. The molecular weight excluding hydrogens is 378 g/mol. The van der Waals surface area contributed by atoms with Gasteiger partial charge in [-0.25, -0.2) is 12.2 Å². The monoisotopic (exact) mass is 392 g/mol. The molecule has 0 bridgehead atoms. The van der Waals surface area contributed by atoms with Gasteiger partial charge in [0.2, 0.25) is 0 Å². The molecule has 3 heteroatoms. The van der Waals surface area contributed by atoms with E-state index >= 15 is 0 Å². The molecule has 106 valence electrons. The Balaban J connectivity index is 0.000000437. The Morgan fingerprint density at radius 3 is 1.71 bits per heavy atom. The van der Waals surface area contributed by atoms with Gasteiger partial charge in [-0.1, -0.05) is 36.4 Å². The second-order valence-corrected chi connectivity index (χ2v) is 4.32. The first-order chi connectivity index (χ1) is 8.95. The average molecular weight is 394 g/mol. The molecule has 0 saturated heterocycles. The van der Waals surface area contributed by atoms with Gasteiger partial charge in [-0.05, 0) is 0 Å². The van der Waals surface area contributed by atoms with Crippen LogP contribution >= 0.6 is 24.8 Å². The largest absolute Gasteiger partial charge is 2.00 e. The molecule has 0 radical (unpaired) electrons. The third-order valence-corrected chi connectivity index (χ3v) is 3.11. The molecule has 21 heavy (non-hydrogen) atoms. The molecular formula is C18H16Cl2Zr. The van der Waals surface area contributed by atoms with Crippen LogP contribution in [0.5, 0.6) is 0 Å². The summed E-state index contributed by atoms with van der Waals surface area (Å²) in [7, 11) is 0. The fourth-order valence-corrected chi connectivity index (χ4v) is 2.24. The van der Waals surface area contributed by atoms with Crippen molar-refractivity contribution in [2.24, 2.45) is 0 Å². The summed E-state index contributed by atoms with van der Waals surface area (Å²) in [6.07, 6.45) is 10.0. The molecule has 0 atom stereocenters. The van der Waals surface area contributed by atoms with Crippen molar-refractivity contribution in [2.75, 3.05) is 0 Å². The second-order valence-electron chi connectivity index (χ2n) is 4.32. The molecule has 3 aromatic carbocycles. The van der Waals surface area contributed by atoms with Crippen LogP contribution in [0, 0.1) is 6.08 Å². The molecule has 1 aliphatic carbocycles. The molecule has 4 rings (SSSR count). The Kier molecular flexibility index (Phi) is 9.70. The minimum Gasteiger partial charge on any atom is -0.273 e. The molecule has 0 fully saturated rings. The van der Waals surface area contributed by atoms with Gasteiger partial charge in [0.25, 0.3) is 0 Å². The van der Waals surface area contributed by atoms with Gasteiger partial charge in [0.1, 0.15) is 0 Å². The maximum Gasteiger partial charge on any atom is 2.00 e. The van der Waals surface area contributed by atoms with Crippen molar-refractivity contribution in [1.82, 2.24) is 0 Å². The van der Waals surface area contributed by atoms with E-state index in [1.807, 2.05) is 12.2 Å². The van der Waals surface area contributed by atoms with E-state index in [1.165, 1.54) is 21.5 Å². The van der Waals surface area contributed by atoms with Crippen molar-refractivity contribution < 1.29 is 26.2 Å². The van der Waals surface area contributed by atoms with Gasteiger partial charge < -0.3 is 0 Å². The minimum absolute atomic E-state index is 0.